The fraction of sp³-hybridized carbons (Fsp3) is 0.529. The third kappa shape index (κ3) is 4.61. The number of nitrogens with one attached hydrogen (secondary N) is 1. The molecule has 23 heavy (non-hydrogen) atoms. The van der Waals surface area contributed by atoms with E-state index in [1.807, 2.05) is 24.3 Å². The molecule has 0 saturated carbocycles. The number of amides is 3. The van der Waals surface area contributed by atoms with Crippen molar-refractivity contribution in [2.45, 2.75) is 19.4 Å². The summed E-state index contributed by atoms with van der Waals surface area (Å²) in [7, 11) is 5.09. The lowest BCUT2D eigenvalue weighted by Gasteiger charge is -2.33. The number of methoxy groups -OCH3 is 1. The van der Waals surface area contributed by atoms with Gasteiger partial charge in [0.15, 0.2) is 0 Å². The van der Waals surface area contributed by atoms with Crippen molar-refractivity contribution in [2.75, 3.05) is 34.3 Å². The number of benzene rings is 1. The van der Waals surface area contributed by atoms with Crippen LogP contribution >= 0.6 is 0 Å². The van der Waals surface area contributed by atoms with Gasteiger partial charge in [0.1, 0.15) is 5.75 Å². The summed E-state index contributed by atoms with van der Waals surface area (Å²) in [5.41, 5.74) is 1.02. The quantitative estimate of drug-likeness (QED) is 0.919. The van der Waals surface area contributed by atoms with Gasteiger partial charge < -0.3 is 19.9 Å². The van der Waals surface area contributed by atoms with Crippen LogP contribution in [0.2, 0.25) is 0 Å². The van der Waals surface area contributed by atoms with Crippen LogP contribution in [0, 0.1) is 5.92 Å². The predicted octanol–water partition coefficient (Wildman–Crippen LogP) is 1.70. The molecule has 1 fully saturated rings. The van der Waals surface area contributed by atoms with Crippen molar-refractivity contribution >= 4 is 11.9 Å². The number of urea groups is 1. The molecule has 1 saturated heterocycles. The zero-order valence-electron chi connectivity index (χ0n) is 14.0. The molecule has 1 aromatic carbocycles. The Hall–Kier alpha value is -2.24. The van der Waals surface area contributed by atoms with Gasteiger partial charge in [0.05, 0.1) is 13.0 Å². The minimum absolute atomic E-state index is 0.0112. The summed E-state index contributed by atoms with van der Waals surface area (Å²) >= 11 is 0. The molecule has 6 heteroatoms. The van der Waals surface area contributed by atoms with Gasteiger partial charge in [0.25, 0.3) is 0 Å². The molecule has 0 bridgehead atoms. The van der Waals surface area contributed by atoms with Gasteiger partial charge in [-0.25, -0.2) is 4.79 Å². The smallest absolute Gasteiger partial charge is 0.319 e. The van der Waals surface area contributed by atoms with Crippen molar-refractivity contribution in [1.29, 1.82) is 0 Å². The van der Waals surface area contributed by atoms with E-state index in [1.54, 1.807) is 31.0 Å². The Kier molecular flexibility index (Phi) is 5.84. The lowest BCUT2D eigenvalue weighted by atomic mass is 9.97. The Morgan fingerprint density at radius 3 is 2.61 bits per heavy atom. The average Bonchev–Trinajstić information content (AvgIpc) is 2.59. The van der Waals surface area contributed by atoms with E-state index < -0.39 is 0 Å². The first-order chi connectivity index (χ1) is 11.0. The summed E-state index contributed by atoms with van der Waals surface area (Å²) in [5.74, 6) is 0.674. The maximum atomic E-state index is 12.3. The Balaban J connectivity index is 1.85. The van der Waals surface area contributed by atoms with Crippen LogP contribution in [0.25, 0.3) is 0 Å². The first kappa shape index (κ1) is 17.1. The maximum Gasteiger partial charge on any atom is 0.319 e. The normalized spacial score (nSPS) is 17.5. The van der Waals surface area contributed by atoms with Gasteiger partial charge in [-0.2, -0.15) is 0 Å². The molecule has 1 atom stereocenters. The van der Waals surface area contributed by atoms with Crippen molar-refractivity contribution in [1.82, 2.24) is 15.1 Å². The van der Waals surface area contributed by atoms with Gasteiger partial charge in [-0.1, -0.05) is 12.1 Å². The molecule has 1 heterocycles. The maximum absolute atomic E-state index is 12.3. The van der Waals surface area contributed by atoms with Crippen LogP contribution in [-0.2, 0) is 11.3 Å². The summed E-state index contributed by atoms with van der Waals surface area (Å²) < 4.78 is 5.11. The highest BCUT2D eigenvalue weighted by atomic mass is 16.5. The monoisotopic (exact) mass is 319 g/mol. The molecule has 1 aromatic rings. The molecule has 1 N–H and O–H groups in total. The molecule has 1 aliphatic heterocycles. The first-order valence-electron chi connectivity index (χ1n) is 7.88. The number of hydrogen-bond donors (Lipinski definition) is 1. The number of nitrogens with zero attached hydrogens (tertiary/aromatic N) is 2. The summed E-state index contributed by atoms with van der Waals surface area (Å²) in [5, 5.41) is 2.96. The van der Waals surface area contributed by atoms with Gasteiger partial charge in [-0.05, 0) is 30.5 Å². The third-order valence-electron chi connectivity index (χ3n) is 4.07. The number of hydrogen-bond acceptors (Lipinski definition) is 3. The lowest BCUT2D eigenvalue weighted by Crippen LogP contribution is -2.48. The molecule has 0 unspecified atom stereocenters. The fourth-order valence-electron chi connectivity index (χ4n) is 2.72. The highest BCUT2D eigenvalue weighted by molar-refractivity contribution is 5.80. The molecular formula is C17H25N3O3. The molecule has 0 spiro atoms. The first-order valence-corrected chi connectivity index (χ1v) is 7.88. The zero-order chi connectivity index (χ0) is 16.8. The molecule has 0 aliphatic carbocycles. The van der Waals surface area contributed by atoms with Crippen LogP contribution in [0.5, 0.6) is 5.75 Å². The number of carbonyl (C=O) groups is 2. The van der Waals surface area contributed by atoms with Gasteiger partial charge in [-0.15, -0.1) is 0 Å². The van der Waals surface area contributed by atoms with Crippen LogP contribution in [0.15, 0.2) is 24.3 Å². The van der Waals surface area contributed by atoms with E-state index in [4.69, 9.17) is 4.74 Å². The Bertz CT molecular complexity index is 543. The van der Waals surface area contributed by atoms with E-state index in [2.05, 4.69) is 5.32 Å². The van der Waals surface area contributed by atoms with Crippen molar-refractivity contribution < 1.29 is 14.3 Å². The van der Waals surface area contributed by atoms with E-state index in [0.717, 1.165) is 30.7 Å². The van der Waals surface area contributed by atoms with Crippen LogP contribution in [0.3, 0.4) is 0 Å². The van der Waals surface area contributed by atoms with Crippen molar-refractivity contribution in [2.24, 2.45) is 5.92 Å². The second-order valence-corrected chi connectivity index (χ2v) is 6.03. The number of likely N-dealkylation sites (tertiary alicyclic amines) is 1. The Morgan fingerprint density at radius 1 is 1.30 bits per heavy atom. The highest BCUT2D eigenvalue weighted by Crippen LogP contribution is 2.18. The number of rotatable bonds is 4. The van der Waals surface area contributed by atoms with Gasteiger partial charge in [-0.3, -0.25) is 4.79 Å². The summed E-state index contributed by atoms with van der Waals surface area (Å²) in [4.78, 5) is 27.7. The molecular weight excluding hydrogens is 294 g/mol. The largest absolute Gasteiger partial charge is 0.497 e. The molecule has 0 radical (unpaired) electrons. The molecule has 6 nitrogen and oxygen atoms in total. The highest BCUT2D eigenvalue weighted by Gasteiger charge is 2.28. The Labute approximate surface area is 137 Å². The van der Waals surface area contributed by atoms with Crippen LogP contribution in [-0.4, -0.2) is 56.0 Å². The standard InChI is InChI=1S/C17H25N3O3/c1-19(2)17(22)20-10-4-5-14(12-20)16(21)18-11-13-6-8-15(23-3)9-7-13/h6-9,14H,4-5,10-12H2,1-3H3,(H,18,21)/t14-/m1/s1. The van der Waals surface area contributed by atoms with Crippen LogP contribution in [0.4, 0.5) is 4.79 Å². The van der Waals surface area contributed by atoms with E-state index in [9.17, 15) is 9.59 Å². The average molecular weight is 319 g/mol. The molecule has 3 amide bonds. The molecule has 2 rings (SSSR count). The molecule has 1 aliphatic rings. The van der Waals surface area contributed by atoms with Crippen LogP contribution < -0.4 is 10.1 Å². The Morgan fingerprint density at radius 2 is 2.00 bits per heavy atom. The second kappa shape index (κ2) is 7.85. The minimum Gasteiger partial charge on any atom is -0.497 e. The van der Waals surface area contributed by atoms with E-state index in [-0.39, 0.29) is 17.9 Å². The zero-order valence-corrected chi connectivity index (χ0v) is 14.0. The lowest BCUT2D eigenvalue weighted by molar-refractivity contribution is -0.126. The van der Waals surface area contributed by atoms with Crippen molar-refractivity contribution in [3.63, 3.8) is 0 Å². The van der Waals surface area contributed by atoms with Gasteiger partial charge >= 0.3 is 6.03 Å². The fourth-order valence-corrected chi connectivity index (χ4v) is 2.72. The van der Waals surface area contributed by atoms with Gasteiger partial charge in [0.2, 0.25) is 5.91 Å². The number of ether oxygens (including phenoxy) is 1. The number of carbonyl (C=O) groups excluding carboxylic acids is 2. The summed E-state index contributed by atoms with van der Waals surface area (Å²) in [6.07, 6.45) is 1.69. The minimum atomic E-state index is -0.133. The van der Waals surface area contributed by atoms with E-state index in [0.29, 0.717) is 13.1 Å². The van der Waals surface area contributed by atoms with Crippen molar-refractivity contribution in [3.8, 4) is 5.75 Å². The van der Waals surface area contributed by atoms with Gasteiger partial charge in [0, 0.05) is 33.7 Å². The van der Waals surface area contributed by atoms with Crippen molar-refractivity contribution in [3.05, 3.63) is 29.8 Å². The summed E-state index contributed by atoms with van der Waals surface area (Å²) in [6, 6.07) is 7.58. The topological polar surface area (TPSA) is 61.9 Å². The third-order valence-corrected chi connectivity index (χ3v) is 4.07. The number of piperidine rings is 1. The molecule has 0 aromatic heterocycles. The van der Waals surface area contributed by atoms with E-state index in [1.165, 1.54) is 0 Å². The molecule has 126 valence electrons. The van der Waals surface area contributed by atoms with E-state index >= 15 is 0 Å². The SMILES string of the molecule is COc1ccc(CNC(=O)[C@@H]2CCCN(C(=O)N(C)C)C2)cc1. The summed E-state index contributed by atoms with van der Waals surface area (Å²) in [6.45, 7) is 1.70. The predicted molar refractivity (Wildman–Crippen MR) is 88.2 cm³/mol. The van der Waals surface area contributed by atoms with Crippen LogP contribution in [0.1, 0.15) is 18.4 Å². The second-order valence-electron chi connectivity index (χ2n) is 6.03.